The molecule has 1 aromatic rings. The van der Waals surface area contributed by atoms with Crippen molar-refractivity contribution in [2.24, 2.45) is 0 Å². The summed E-state index contributed by atoms with van der Waals surface area (Å²) in [5, 5.41) is 5.16. The molecule has 2 nitrogen and oxygen atoms in total. The van der Waals surface area contributed by atoms with Gasteiger partial charge in [0, 0.05) is 35.1 Å². The molecule has 1 aliphatic carbocycles. The van der Waals surface area contributed by atoms with E-state index in [1.165, 1.54) is 22.7 Å². The zero-order chi connectivity index (χ0) is 9.97. The third-order valence-corrected chi connectivity index (χ3v) is 3.41. The lowest BCUT2D eigenvalue weighted by molar-refractivity contribution is 0.763. The molecule has 2 rings (SSSR count). The first-order chi connectivity index (χ1) is 6.75. The highest BCUT2D eigenvalue weighted by Crippen LogP contribution is 2.41. The van der Waals surface area contributed by atoms with E-state index in [2.05, 4.69) is 16.9 Å². The molecule has 0 radical (unpaired) electrons. The lowest BCUT2D eigenvalue weighted by atomic mass is 10.4. The fraction of sp³-hybridized carbons (Fsp3) is 0.500. The van der Waals surface area contributed by atoms with Crippen molar-refractivity contribution in [3.63, 3.8) is 0 Å². The third-order valence-electron chi connectivity index (χ3n) is 2.11. The van der Waals surface area contributed by atoms with Gasteiger partial charge in [-0.15, -0.1) is 11.3 Å². The third kappa shape index (κ3) is 2.80. The van der Waals surface area contributed by atoms with Crippen molar-refractivity contribution < 1.29 is 0 Å². The molecule has 76 valence electrons. The van der Waals surface area contributed by atoms with E-state index in [0.29, 0.717) is 11.6 Å². The molecule has 0 aliphatic heterocycles. The molecule has 1 fully saturated rings. The van der Waals surface area contributed by atoms with Gasteiger partial charge in [-0.05, 0) is 12.8 Å². The fourth-order valence-corrected chi connectivity index (χ4v) is 2.40. The molecule has 0 amide bonds. The van der Waals surface area contributed by atoms with Gasteiger partial charge >= 0.3 is 0 Å². The van der Waals surface area contributed by atoms with Gasteiger partial charge in [0.15, 0.2) is 0 Å². The van der Waals surface area contributed by atoms with E-state index < -0.39 is 0 Å². The van der Waals surface area contributed by atoms with Gasteiger partial charge in [0.25, 0.3) is 0 Å². The molecule has 0 unspecified atom stereocenters. The standard InChI is InChI=1S/C10H13ClN2S/c1-7(11)4-12-5-9-6-13-10(14-9)8-2-3-8/h6,8,12H,1-5H2. The predicted octanol–water partition coefficient (Wildman–Crippen LogP) is 2.86. The highest BCUT2D eigenvalue weighted by molar-refractivity contribution is 7.11. The SMILES string of the molecule is C=C(Cl)CNCc1cnc(C2CC2)s1. The summed E-state index contributed by atoms with van der Waals surface area (Å²) in [6.45, 7) is 5.13. The summed E-state index contributed by atoms with van der Waals surface area (Å²) in [6, 6.07) is 0. The summed E-state index contributed by atoms with van der Waals surface area (Å²) in [5.74, 6) is 0.761. The lowest BCUT2D eigenvalue weighted by Gasteiger charge is -1.98. The zero-order valence-corrected chi connectivity index (χ0v) is 9.50. The van der Waals surface area contributed by atoms with Crippen LogP contribution < -0.4 is 5.32 Å². The second-order valence-electron chi connectivity index (χ2n) is 3.56. The van der Waals surface area contributed by atoms with Crippen molar-refractivity contribution in [3.8, 4) is 0 Å². The van der Waals surface area contributed by atoms with Crippen LogP contribution in [0.5, 0.6) is 0 Å². The quantitative estimate of drug-likeness (QED) is 0.839. The number of rotatable bonds is 5. The van der Waals surface area contributed by atoms with Crippen molar-refractivity contribution in [1.82, 2.24) is 10.3 Å². The minimum Gasteiger partial charge on any atom is -0.307 e. The molecule has 0 saturated heterocycles. The van der Waals surface area contributed by atoms with Crippen LogP contribution in [-0.2, 0) is 6.54 Å². The van der Waals surface area contributed by atoms with Crippen LogP contribution in [0.1, 0.15) is 28.6 Å². The summed E-state index contributed by atoms with van der Waals surface area (Å²) < 4.78 is 0. The number of halogens is 1. The summed E-state index contributed by atoms with van der Waals surface area (Å²) in [6.07, 6.45) is 4.60. The maximum Gasteiger partial charge on any atom is 0.0959 e. The summed E-state index contributed by atoms with van der Waals surface area (Å²) >= 11 is 7.45. The molecule has 0 bridgehead atoms. The Morgan fingerprint density at radius 1 is 1.71 bits per heavy atom. The number of nitrogens with one attached hydrogen (secondary N) is 1. The Bertz CT molecular complexity index is 331. The number of thiazole rings is 1. The first-order valence-corrected chi connectivity index (χ1v) is 5.94. The van der Waals surface area contributed by atoms with E-state index >= 15 is 0 Å². The largest absolute Gasteiger partial charge is 0.307 e. The molecule has 1 saturated carbocycles. The van der Waals surface area contributed by atoms with Crippen molar-refractivity contribution in [3.05, 3.63) is 27.7 Å². The average Bonchev–Trinajstić information content (AvgIpc) is 2.87. The molecule has 1 N–H and O–H groups in total. The van der Waals surface area contributed by atoms with Crippen molar-refractivity contribution in [1.29, 1.82) is 0 Å². The van der Waals surface area contributed by atoms with Crippen LogP contribution in [0.15, 0.2) is 17.8 Å². The molecular weight excluding hydrogens is 216 g/mol. The van der Waals surface area contributed by atoms with Crippen LogP contribution in [0.25, 0.3) is 0 Å². The topological polar surface area (TPSA) is 24.9 Å². The normalized spacial score (nSPS) is 15.8. The first-order valence-electron chi connectivity index (χ1n) is 4.74. The average molecular weight is 229 g/mol. The molecule has 14 heavy (non-hydrogen) atoms. The zero-order valence-electron chi connectivity index (χ0n) is 7.92. The lowest BCUT2D eigenvalue weighted by Crippen LogP contribution is -2.13. The highest BCUT2D eigenvalue weighted by atomic mass is 35.5. The molecule has 1 aliphatic rings. The Hall–Kier alpha value is -0.380. The second kappa shape index (κ2) is 4.43. The van der Waals surface area contributed by atoms with E-state index in [9.17, 15) is 0 Å². The van der Waals surface area contributed by atoms with E-state index in [1.54, 1.807) is 0 Å². The van der Waals surface area contributed by atoms with Gasteiger partial charge < -0.3 is 5.32 Å². The van der Waals surface area contributed by atoms with Gasteiger partial charge in [-0.2, -0.15) is 0 Å². The van der Waals surface area contributed by atoms with E-state index in [-0.39, 0.29) is 0 Å². The van der Waals surface area contributed by atoms with Gasteiger partial charge in [0.05, 0.1) is 5.01 Å². The van der Waals surface area contributed by atoms with Crippen molar-refractivity contribution >= 4 is 22.9 Å². The van der Waals surface area contributed by atoms with Crippen LogP contribution in [-0.4, -0.2) is 11.5 Å². The van der Waals surface area contributed by atoms with E-state index in [4.69, 9.17) is 11.6 Å². The number of hydrogen-bond donors (Lipinski definition) is 1. The first kappa shape index (κ1) is 10.1. The van der Waals surface area contributed by atoms with Crippen LogP contribution in [0, 0.1) is 0 Å². The fourth-order valence-electron chi connectivity index (χ4n) is 1.24. The number of hydrogen-bond acceptors (Lipinski definition) is 3. The predicted molar refractivity (Wildman–Crippen MR) is 60.8 cm³/mol. The molecule has 1 aromatic heterocycles. The highest BCUT2D eigenvalue weighted by Gasteiger charge is 2.26. The minimum atomic E-state index is 0.650. The van der Waals surface area contributed by atoms with Crippen LogP contribution in [0.2, 0.25) is 0 Å². The molecule has 1 heterocycles. The molecular formula is C10H13ClN2S. The van der Waals surface area contributed by atoms with Gasteiger partial charge in [-0.25, -0.2) is 4.98 Å². The number of nitrogens with zero attached hydrogens (tertiary/aromatic N) is 1. The van der Waals surface area contributed by atoms with Crippen LogP contribution >= 0.6 is 22.9 Å². The second-order valence-corrected chi connectivity index (χ2v) is 5.24. The maximum atomic E-state index is 5.64. The molecule has 0 spiro atoms. The van der Waals surface area contributed by atoms with Crippen molar-refractivity contribution in [2.45, 2.75) is 25.3 Å². The van der Waals surface area contributed by atoms with E-state index in [1.807, 2.05) is 17.5 Å². The van der Waals surface area contributed by atoms with Gasteiger partial charge in [-0.1, -0.05) is 18.2 Å². The monoisotopic (exact) mass is 228 g/mol. The minimum absolute atomic E-state index is 0.650. The Labute approximate surface area is 93.0 Å². The number of aromatic nitrogens is 1. The summed E-state index contributed by atoms with van der Waals surface area (Å²) in [7, 11) is 0. The van der Waals surface area contributed by atoms with Crippen molar-refractivity contribution in [2.75, 3.05) is 6.54 Å². The maximum absolute atomic E-state index is 5.64. The Morgan fingerprint density at radius 2 is 2.50 bits per heavy atom. The summed E-state index contributed by atoms with van der Waals surface area (Å²) in [5.41, 5.74) is 0. The van der Waals surface area contributed by atoms with Gasteiger partial charge in [0.2, 0.25) is 0 Å². The summed E-state index contributed by atoms with van der Waals surface area (Å²) in [4.78, 5) is 5.68. The van der Waals surface area contributed by atoms with Gasteiger partial charge in [-0.3, -0.25) is 0 Å². The molecule has 4 heteroatoms. The smallest absolute Gasteiger partial charge is 0.0959 e. The Morgan fingerprint density at radius 3 is 3.14 bits per heavy atom. The van der Waals surface area contributed by atoms with Gasteiger partial charge in [0.1, 0.15) is 0 Å². The Kier molecular flexibility index (Phi) is 3.21. The molecule has 0 atom stereocenters. The van der Waals surface area contributed by atoms with Crippen LogP contribution in [0.3, 0.4) is 0 Å². The Balaban J connectivity index is 1.80. The molecule has 0 aromatic carbocycles. The van der Waals surface area contributed by atoms with E-state index in [0.717, 1.165) is 12.5 Å². The van der Waals surface area contributed by atoms with Crippen LogP contribution in [0.4, 0.5) is 0 Å².